The normalized spacial score (nSPS) is 23.7. The molecule has 0 bridgehead atoms. The molecule has 15 heavy (non-hydrogen) atoms. The summed E-state index contributed by atoms with van der Waals surface area (Å²) in [5.41, 5.74) is 0. The van der Waals surface area contributed by atoms with E-state index in [2.05, 4.69) is 15.9 Å². The van der Waals surface area contributed by atoms with Gasteiger partial charge in [-0.25, -0.2) is 0 Å². The third-order valence-electron chi connectivity index (χ3n) is 2.34. The maximum atomic E-state index is 11.9. The zero-order chi connectivity index (χ0) is 11.4. The highest BCUT2D eigenvalue weighted by atomic mass is 79.9. The second-order valence-corrected chi connectivity index (χ2v) is 4.91. The summed E-state index contributed by atoms with van der Waals surface area (Å²) in [4.78, 5) is 13.4. The second-order valence-electron chi connectivity index (χ2n) is 3.92. The molecule has 0 saturated carbocycles. The number of halogens is 1. The molecule has 0 aromatic carbocycles. The van der Waals surface area contributed by atoms with Gasteiger partial charge in [0.05, 0.1) is 24.0 Å². The maximum Gasteiger partial charge on any atom is 0.236 e. The number of ether oxygens (including phenoxy) is 1. The number of nitrogens with zero attached hydrogens (tertiary/aromatic N) is 2. The Morgan fingerprint density at radius 3 is 2.87 bits per heavy atom. The van der Waals surface area contributed by atoms with Gasteiger partial charge in [-0.15, -0.1) is 0 Å². The molecule has 1 heterocycles. The van der Waals surface area contributed by atoms with Crippen molar-refractivity contribution in [3.05, 3.63) is 0 Å². The van der Waals surface area contributed by atoms with Crippen molar-refractivity contribution in [2.75, 3.05) is 19.7 Å². The van der Waals surface area contributed by atoms with Crippen LogP contribution in [0.4, 0.5) is 0 Å². The maximum absolute atomic E-state index is 11.9. The first-order valence-electron chi connectivity index (χ1n) is 5.00. The van der Waals surface area contributed by atoms with E-state index in [-0.39, 0.29) is 16.7 Å². The largest absolute Gasteiger partial charge is 0.360 e. The minimum absolute atomic E-state index is 0.0496. The van der Waals surface area contributed by atoms with Gasteiger partial charge in [0.2, 0.25) is 5.91 Å². The van der Waals surface area contributed by atoms with E-state index in [1.165, 1.54) is 0 Å². The molecule has 84 valence electrons. The summed E-state index contributed by atoms with van der Waals surface area (Å²) >= 11 is 3.37. The fourth-order valence-electron chi connectivity index (χ4n) is 1.39. The summed E-state index contributed by atoms with van der Waals surface area (Å²) in [6.45, 7) is 5.37. The third kappa shape index (κ3) is 3.18. The quantitative estimate of drug-likeness (QED) is 0.710. The van der Waals surface area contributed by atoms with Gasteiger partial charge in [-0.05, 0) is 5.92 Å². The molecule has 0 spiro atoms. The van der Waals surface area contributed by atoms with Gasteiger partial charge in [0.25, 0.3) is 0 Å². The molecular weight excluding hydrogens is 260 g/mol. The van der Waals surface area contributed by atoms with E-state index in [1.54, 1.807) is 4.90 Å². The summed E-state index contributed by atoms with van der Waals surface area (Å²) in [5, 5.41) is 8.71. The molecule has 1 saturated heterocycles. The van der Waals surface area contributed by atoms with Crippen LogP contribution in [0.2, 0.25) is 0 Å². The lowest BCUT2D eigenvalue weighted by molar-refractivity contribution is -0.136. The standard InChI is InChI=1S/C10H15BrN2O2/c1-7(2)9(11)10(14)13-3-4-15-8(5-12)6-13/h7-9H,3-4,6H2,1-2H3. The Kier molecular flexibility index (Phi) is 4.55. The van der Waals surface area contributed by atoms with Crippen molar-refractivity contribution in [3.8, 4) is 6.07 Å². The van der Waals surface area contributed by atoms with E-state index >= 15 is 0 Å². The van der Waals surface area contributed by atoms with E-state index in [1.807, 2.05) is 19.9 Å². The van der Waals surface area contributed by atoms with Crippen LogP contribution in [0, 0.1) is 17.2 Å². The minimum atomic E-state index is -0.477. The van der Waals surface area contributed by atoms with E-state index in [0.717, 1.165) is 0 Å². The van der Waals surface area contributed by atoms with Crippen molar-refractivity contribution >= 4 is 21.8 Å². The monoisotopic (exact) mass is 274 g/mol. The zero-order valence-corrected chi connectivity index (χ0v) is 10.5. The molecule has 1 fully saturated rings. The second kappa shape index (κ2) is 5.47. The summed E-state index contributed by atoms with van der Waals surface area (Å²) < 4.78 is 5.18. The van der Waals surface area contributed by atoms with E-state index < -0.39 is 6.10 Å². The molecule has 0 aromatic rings. The molecule has 2 atom stereocenters. The molecular formula is C10H15BrN2O2. The number of hydrogen-bond donors (Lipinski definition) is 0. The minimum Gasteiger partial charge on any atom is -0.360 e. The van der Waals surface area contributed by atoms with Crippen LogP contribution >= 0.6 is 15.9 Å². The average Bonchev–Trinajstić information content (AvgIpc) is 2.27. The van der Waals surface area contributed by atoms with Gasteiger partial charge >= 0.3 is 0 Å². The Morgan fingerprint density at radius 2 is 2.33 bits per heavy atom. The lowest BCUT2D eigenvalue weighted by Crippen LogP contribution is -2.48. The Hall–Kier alpha value is -0.600. The van der Waals surface area contributed by atoms with E-state index in [9.17, 15) is 4.79 Å². The molecule has 1 amide bonds. The molecule has 1 rings (SSSR count). The first kappa shape index (κ1) is 12.5. The predicted octanol–water partition coefficient (Wildman–Crippen LogP) is 1.16. The van der Waals surface area contributed by atoms with E-state index in [4.69, 9.17) is 10.00 Å². The van der Waals surface area contributed by atoms with Crippen LogP contribution in [0.3, 0.4) is 0 Å². The van der Waals surface area contributed by atoms with Crippen LogP contribution in [0.25, 0.3) is 0 Å². The molecule has 2 unspecified atom stereocenters. The summed E-state index contributed by atoms with van der Waals surface area (Å²) in [5.74, 6) is 0.300. The van der Waals surface area contributed by atoms with Crippen LogP contribution in [-0.4, -0.2) is 41.4 Å². The molecule has 0 N–H and O–H groups in total. The lowest BCUT2D eigenvalue weighted by Gasteiger charge is -2.32. The van der Waals surface area contributed by atoms with Gasteiger partial charge in [-0.1, -0.05) is 29.8 Å². The lowest BCUT2D eigenvalue weighted by atomic mass is 10.1. The summed E-state index contributed by atoms with van der Waals surface area (Å²) in [6.07, 6.45) is -0.477. The number of carbonyl (C=O) groups excluding carboxylic acids is 1. The molecule has 0 aliphatic carbocycles. The fraction of sp³-hybridized carbons (Fsp3) is 0.800. The van der Waals surface area contributed by atoms with Crippen molar-refractivity contribution < 1.29 is 9.53 Å². The first-order chi connectivity index (χ1) is 7.06. The highest BCUT2D eigenvalue weighted by Crippen LogP contribution is 2.17. The van der Waals surface area contributed by atoms with Gasteiger partial charge in [0.15, 0.2) is 6.10 Å². The molecule has 5 heteroatoms. The van der Waals surface area contributed by atoms with Crippen LogP contribution in [-0.2, 0) is 9.53 Å². The third-order valence-corrected chi connectivity index (χ3v) is 3.79. The number of carbonyl (C=O) groups is 1. The van der Waals surface area contributed by atoms with Gasteiger partial charge < -0.3 is 9.64 Å². The topological polar surface area (TPSA) is 53.3 Å². The van der Waals surface area contributed by atoms with Crippen LogP contribution < -0.4 is 0 Å². The van der Waals surface area contributed by atoms with Gasteiger partial charge in [-0.2, -0.15) is 5.26 Å². The zero-order valence-electron chi connectivity index (χ0n) is 8.94. The Morgan fingerprint density at radius 1 is 1.67 bits per heavy atom. The van der Waals surface area contributed by atoms with Crippen LogP contribution in [0.1, 0.15) is 13.8 Å². The number of alkyl halides is 1. The Bertz CT molecular complexity index is 275. The molecule has 0 aromatic heterocycles. The van der Waals surface area contributed by atoms with Crippen molar-refractivity contribution in [1.29, 1.82) is 5.26 Å². The van der Waals surface area contributed by atoms with Gasteiger partial charge in [-0.3, -0.25) is 4.79 Å². The van der Waals surface area contributed by atoms with Gasteiger partial charge in [0.1, 0.15) is 0 Å². The van der Waals surface area contributed by atoms with Crippen LogP contribution in [0.5, 0.6) is 0 Å². The smallest absolute Gasteiger partial charge is 0.236 e. The molecule has 1 aliphatic rings. The van der Waals surface area contributed by atoms with Crippen molar-refractivity contribution in [3.63, 3.8) is 0 Å². The highest BCUT2D eigenvalue weighted by Gasteiger charge is 2.29. The van der Waals surface area contributed by atoms with Crippen LogP contribution in [0.15, 0.2) is 0 Å². The Balaban J connectivity index is 2.57. The van der Waals surface area contributed by atoms with Gasteiger partial charge in [0, 0.05) is 6.54 Å². The SMILES string of the molecule is CC(C)C(Br)C(=O)N1CCOC(C#N)C1. The number of rotatable bonds is 2. The summed E-state index contributed by atoms with van der Waals surface area (Å²) in [6, 6.07) is 2.03. The fourth-order valence-corrected chi connectivity index (χ4v) is 1.68. The molecule has 0 radical (unpaired) electrons. The van der Waals surface area contributed by atoms with Crippen molar-refractivity contribution in [2.45, 2.75) is 24.8 Å². The molecule has 1 aliphatic heterocycles. The number of amides is 1. The first-order valence-corrected chi connectivity index (χ1v) is 5.92. The van der Waals surface area contributed by atoms with Crippen molar-refractivity contribution in [2.24, 2.45) is 5.92 Å². The van der Waals surface area contributed by atoms with Crippen molar-refractivity contribution in [1.82, 2.24) is 4.90 Å². The highest BCUT2D eigenvalue weighted by molar-refractivity contribution is 9.10. The Labute approximate surface area is 98.3 Å². The number of nitriles is 1. The number of morpholine rings is 1. The predicted molar refractivity (Wildman–Crippen MR) is 59.5 cm³/mol. The van der Waals surface area contributed by atoms with E-state index in [0.29, 0.717) is 19.7 Å². The number of hydrogen-bond acceptors (Lipinski definition) is 3. The molecule has 4 nitrogen and oxygen atoms in total. The summed E-state index contributed by atoms with van der Waals surface area (Å²) in [7, 11) is 0. The average molecular weight is 275 g/mol.